The fourth-order valence-corrected chi connectivity index (χ4v) is 4.77. The third-order valence-corrected chi connectivity index (χ3v) is 7.46. The monoisotopic (exact) mass is 632 g/mol. The highest BCUT2D eigenvalue weighted by molar-refractivity contribution is 6.02. The average molecular weight is 633 g/mol. The van der Waals surface area contributed by atoms with Gasteiger partial charge in [0.15, 0.2) is 5.76 Å². The number of nitrogens with one attached hydrogen (secondary N) is 3. The van der Waals surface area contributed by atoms with E-state index < -0.39 is 41.9 Å². The molecule has 0 fully saturated rings. The van der Waals surface area contributed by atoms with Crippen LogP contribution in [0.5, 0.6) is 5.75 Å². The molecule has 4 N–H and O–H groups in total. The number of alkyl halides is 3. The van der Waals surface area contributed by atoms with E-state index in [0.29, 0.717) is 17.1 Å². The number of urea groups is 2. The lowest BCUT2D eigenvalue weighted by Crippen LogP contribution is -2.50. The van der Waals surface area contributed by atoms with Crippen molar-refractivity contribution in [2.45, 2.75) is 46.0 Å². The predicted molar refractivity (Wildman–Crippen MR) is 159 cm³/mol. The first-order valence-corrected chi connectivity index (χ1v) is 14.1. The van der Waals surface area contributed by atoms with E-state index in [1.54, 1.807) is 27.8 Å². The summed E-state index contributed by atoms with van der Waals surface area (Å²) in [4.78, 5) is 42.3. The van der Waals surface area contributed by atoms with Gasteiger partial charge in [-0.1, -0.05) is 12.1 Å². The van der Waals surface area contributed by atoms with Crippen LogP contribution in [0, 0.1) is 19.8 Å². The van der Waals surface area contributed by atoms with Gasteiger partial charge in [0.2, 0.25) is 0 Å². The molecule has 0 aliphatic carbocycles. The summed E-state index contributed by atoms with van der Waals surface area (Å²) in [5.41, 5.74) is 0.613. The van der Waals surface area contributed by atoms with Crippen LogP contribution in [0.1, 0.15) is 41.2 Å². The van der Waals surface area contributed by atoms with Crippen molar-refractivity contribution in [2.24, 2.45) is 5.92 Å². The molecule has 0 saturated heterocycles. The van der Waals surface area contributed by atoms with Crippen LogP contribution < -0.4 is 20.7 Å². The number of aromatic nitrogens is 1. The number of aliphatic hydroxyl groups excluding tert-OH is 1. The van der Waals surface area contributed by atoms with E-state index in [-0.39, 0.29) is 48.3 Å². The van der Waals surface area contributed by atoms with Crippen LogP contribution in [-0.4, -0.2) is 76.9 Å². The summed E-state index contributed by atoms with van der Waals surface area (Å²) in [6.07, 6.45) is -5.08. The second-order valence-electron chi connectivity index (χ2n) is 11.0. The maximum Gasteiger partial charge on any atom is 0.416 e. The Morgan fingerprint density at radius 2 is 1.76 bits per heavy atom. The lowest BCUT2D eigenvalue weighted by Gasteiger charge is -2.38. The van der Waals surface area contributed by atoms with Gasteiger partial charge in [0.05, 0.1) is 30.3 Å². The smallest absolute Gasteiger partial charge is 0.416 e. The van der Waals surface area contributed by atoms with Gasteiger partial charge in [0.1, 0.15) is 23.2 Å². The fraction of sp³-hybridized carbons (Fsp3) is 0.400. The number of anilines is 3. The maximum atomic E-state index is 13.7. The topological polar surface area (TPSA) is 149 Å². The SMILES string of the molecule is Cc1noc(C)c1NC(=O)N(C)C[C@H]1Oc2ccc(NC(=O)Nc3ccc(C(F)(F)F)cc3)cc2C(=O)N([C@H](C)CO)C[C@@H]1C. The maximum absolute atomic E-state index is 13.7. The Morgan fingerprint density at radius 1 is 1.11 bits per heavy atom. The number of rotatable bonds is 7. The summed E-state index contributed by atoms with van der Waals surface area (Å²) in [7, 11) is 1.60. The number of likely N-dealkylation sites (N-methyl/N-ethyl adjacent to an activating group) is 1. The Balaban J connectivity index is 1.54. The van der Waals surface area contributed by atoms with Crippen LogP contribution in [0.3, 0.4) is 0 Å². The van der Waals surface area contributed by atoms with E-state index >= 15 is 0 Å². The van der Waals surface area contributed by atoms with Crippen LogP contribution in [0.4, 0.5) is 39.8 Å². The number of carbonyl (C=O) groups is 3. The van der Waals surface area contributed by atoms with Gasteiger partial charge in [-0.25, -0.2) is 9.59 Å². The Hall–Kier alpha value is -4.79. The van der Waals surface area contributed by atoms with Crippen LogP contribution in [-0.2, 0) is 6.18 Å². The Morgan fingerprint density at radius 3 is 2.36 bits per heavy atom. The third-order valence-electron chi connectivity index (χ3n) is 7.46. The van der Waals surface area contributed by atoms with Crippen molar-refractivity contribution in [1.29, 1.82) is 0 Å². The molecule has 3 atom stereocenters. The van der Waals surface area contributed by atoms with E-state index in [1.807, 2.05) is 6.92 Å². The molecule has 2 heterocycles. The van der Waals surface area contributed by atoms with E-state index in [1.165, 1.54) is 28.0 Å². The number of amides is 5. The van der Waals surface area contributed by atoms with E-state index in [0.717, 1.165) is 24.3 Å². The number of ether oxygens (including phenoxy) is 1. The van der Waals surface area contributed by atoms with E-state index in [2.05, 4.69) is 21.1 Å². The molecule has 1 aliphatic heterocycles. The number of nitrogens with zero attached hydrogens (tertiary/aromatic N) is 3. The summed E-state index contributed by atoms with van der Waals surface area (Å²) in [5.74, 6) is -0.0332. The standard InChI is InChI=1S/C30H35F3N6O6/c1-16-13-39(17(2)15-40)27(41)23-12-22(35-28(42)34-21-8-6-20(7-9-21)30(31,32)33)10-11-24(23)44-25(16)14-38(5)29(43)36-26-18(3)37-45-19(26)4/h6-12,16-17,25,40H,13-15H2,1-5H3,(H,36,43)(H2,34,35,42)/t16-,17+,25+/m0/s1. The molecule has 242 valence electrons. The molecule has 4 rings (SSSR count). The minimum Gasteiger partial charge on any atom is -0.487 e. The zero-order chi connectivity index (χ0) is 33.1. The van der Waals surface area contributed by atoms with Gasteiger partial charge < -0.3 is 40.1 Å². The predicted octanol–water partition coefficient (Wildman–Crippen LogP) is 5.34. The van der Waals surface area contributed by atoms with Crippen LogP contribution in [0.25, 0.3) is 0 Å². The van der Waals surface area contributed by atoms with Gasteiger partial charge in [-0.15, -0.1) is 0 Å². The number of aliphatic hydroxyl groups is 1. The molecule has 0 saturated carbocycles. The summed E-state index contributed by atoms with van der Waals surface area (Å²) in [6, 6.07) is 6.68. The fourth-order valence-electron chi connectivity index (χ4n) is 4.77. The first-order valence-electron chi connectivity index (χ1n) is 14.1. The van der Waals surface area contributed by atoms with E-state index in [9.17, 15) is 32.7 Å². The summed E-state index contributed by atoms with van der Waals surface area (Å²) in [6.45, 7) is 7.01. The quantitative estimate of drug-likeness (QED) is 0.275. The molecule has 5 amide bonds. The van der Waals surface area contributed by atoms with Crippen molar-refractivity contribution in [2.75, 3.05) is 42.7 Å². The first-order chi connectivity index (χ1) is 21.2. The molecule has 0 spiro atoms. The minimum absolute atomic E-state index is 0.113. The van der Waals surface area contributed by atoms with Crippen molar-refractivity contribution < 1.29 is 41.9 Å². The highest BCUT2D eigenvalue weighted by Gasteiger charge is 2.34. The van der Waals surface area contributed by atoms with Crippen LogP contribution >= 0.6 is 0 Å². The molecule has 15 heteroatoms. The van der Waals surface area contributed by atoms with Crippen molar-refractivity contribution in [3.8, 4) is 5.75 Å². The molecule has 45 heavy (non-hydrogen) atoms. The van der Waals surface area contributed by atoms with Crippen LogP contribution in [0.15, 0.2) is 47.0 Å². The van der Waals surface area contributed by atoms with Crippen LogP contribution in [0.2, 0.25) is 0 Å². The second-order valence-corrected chi connectivity index (χ2v) is 11.0. The molecular weight excluding hydrogens is 597 g/mol. The van der Waals surface area contributed by atoms with Gasteiger partial charge in [-0.2, -0.15) is 13.2 Å². The molecule has 12 nitrogen and oxygen atoms in total. The Bertz CT molecular complexity index is 1520. The Labute approximate surface area is 257 Å². The average Bonchev–Trinajstić information content (AvgIpc) is 3.30. The molecular formula is C30H35F3N6O6. The number of halogens is 3. The number of carbonyl (C=O) groups excluding carboxylic acids is 3. The van der Waals surface area contributed by atoms with Crippen molar-refractivity contribution in [3.63, 3.8) is 0 Å². The lowest BCUT2D eigenvalue weighted by molar-refractivity contribution is -0.137. The Kier molecular flexibility index (Phi) is 9.91. The number of aryl methyl sites for hydroxylation is 2. The van der Waals surface area contributed by atoms with Crippen molar-refractivity contribution in [1.82, 2.24) is 15.0 Å². The number of benzene rings is 2. The third kappa shape index (κ3) is 7.84. The molecule has 1 aromatic heterocycles. The highest BCUT2D eigenvalue weighted by atomic mass is 19.4. The van der Waals surface area contributed by atoms with Crippen molar-refractivity contribution >= 4 is 35.0 Å². The van der Waals surface area contributed by atoms with Gasteiger partial charge in [-0.05, 0) is 63.2 Å². The van der Waals surface area contributed by atoms with E-state index in [4.69, 9.17) is 9.26 Å². The zero-order valence-corrected chi connectivity index (χ0v) is 25.4. The molecule has 0 unspecified atom stereocenters. The number of fused-ring (bicyclic) bond motifs is 1. The summed E-state index contributed by atoms with van der Waals surface area (Å²) in [5, 5.41) is 21.6. The van der Waals surface area contributed by atoms with Gasteiger partial charge >= 0.3 is 18.2 Å². The lowest BCUT2D eigenvalue weighted by atomic mass is 9.99. The minimum atomic E-state index is -4.51. The second kappa shape index (κ2) is 13.5. The molecule has 0 radical (unpaired) electrons. The largest absolute Gasteiger partial charge is 0.487 e. The van der Waals surface area contributed by atoms with Gasteiger partial charge in [0, 0.05) is 30.9 Å². The normalized spacial score (nSPS) is 17.4. The molecule has 1 aliphatic rings. The molecule has 0 bridgehead atoms. The van der Waals surface area contributed by atoms with Crippen molar-refractivity contribution in [3.05, 3.63) is 65.0 Å². The summed E-state index contributed by atoms with van der Waals surface area (Å²) < 4.78 is 50.0. The first kappa shape index (κ1) is 33.1. The van der Waals surface area contributed by atoms with Gasteiger partial charge in [0.25, 0.3) is 5.91 Å². The number of hydrogen-bond donors (Lipinski definition) is 4. The van der Waals surface area contributed by atoms with Gasteiger partial charge in [-0.3, -0.25) is 4.79 Å². The molecule has 3 aromatic rings. The summed E-state index contributed by atoms with van der Waals surface area (Å²) >= 11 is 0. The zero-order valence-electron chi connectivity index (χ0n) is 25.4. The molecule has 2 aromatic carbocycles. The number of hydrogen-bond acceptors (Lipinski definition) is 7. The highest BCUT2D eigenvalue weighted by Crippen LogP contribution is 2.32.